The fourth-order valence-corrected chi connectivity index (χ4v) is 2.76. The van der Waals surface area contributed by atoms with Gasteiger partial charge in [0.2, 0.25) is 0 Å². The van der Waals surface area contributed by atoms with Gasteiger partial charge >= 0.3 is 5.97 Å². The molecule has 1 aromatic carbocycles. The molecule has 1 aliphatic heterocycles. The first-order valence-corrected chi connectivity index (χ1v) is 6.78. The average molecular weight is 271 g/mol. The second kappa shape index (κ2) is 5.16. The van der Waals surface area contributed by atoms with Gasteiger partial charge in [-0.15, -0.1) is 11.8 Å². The number of carboxylic acids is 1. The maximum Gasteiger partial charge on any atom is 0.307 e. The summed E-state index contributed by atoms with van der Waals surface area (Å²) in [4.78, 5) is 11.1. The second-order valence-corrected chi connectivity index (χ2v) is 5.07. The van der Waals surface area contributed by atoms with E-state index in [0.29, 0.717) is 18.5 Å². The molecular weight excluding hydrogens is 257 g/mol. The van der Waals surface area contributed by atoms with Crippen LogP contribution in [0.1, 0.15) is 18.0 Å². The van der Waals surface area contributed by atoms with E-state index in [1.54, 1.807) is 6.26 Å². The minimum absolute atomic E-state index is 0.0865. The topological polar surface area (TPSA) is 69.6 Å². The summed E-state index contributed by atoms with van der Waals surface area (Å²) in [5.74, 6) is -1.90. The van der Waals surface area contributed by atoms with Gasteiger partial charge in [-0.25, -0.2) is 4.39 Å². The fourth-order valence-electron chi connectivity index (χ4n) is 2.19. The van der Waals surface area contributed by atoms with E-state index in [2.05, 4.69) is 5.32 Å². The lowest BCUT2D eigenvalue weighted by Crippen LogP contribution is -2.17. The maximum absolute atomic E-state index is 14.1. The third kappa shape index (κ3) is 2.30. The minimum atomic E-state index is -0.866. The molecule has 2 atom stereocenters. The van der Waals surface area contributed by atoms with Gasteiger partial charge in [-0.2, -0.15) is 0 Å². The first-order valence-electron chi connectivity index (χ1n) is 5.56. The molecule has 1 heterocycles. The van der Waals surface area contributed by atoms with Gasteiger partial charge in [0.1, 0.15) is 11.6 Å². The highest BCUT2D eigenvalue weighted by Gasteiger charge is 2.32. The van der Waals surface area contributed by atoms with Crippen molar-refractivity contribution in [2.75, 3.05) is 12.8 Å². The van der Waals surface area contributed by atoms with Crippen LogP contribution >= 0.6 is 11.8 Å². The Hall–Kier alpha value is -1.27. The Morgan fingerprint density at radius 1 is 1.56 bits per heavy atom. The standard InChI is InChI=1S/C12H14FNO3S/c1-18-11-9(15)3-2-7(10(11)13)8-4-6(5-14-8)12(16)17/h2-3,6,8,14-15H,4-5H2,1H3,(H,16,17). The lowest BCUT2D eigenvalue weighted by molar-refractivity contribution is -0.141. The first-order chi connectivity index (χ1) is 8.54. The van der Waals surface area contributed by atoms with Crippen molar-refractivity contribution in [3.63, 3.8) is 0 Å². The van der Waals surface area contributed by atoms with Gasteiger partial charge < -0.3 is 15.5 Å². The van der Waals surface area contributed by atoms with E-state index in [1.165, 1.54) is 12.1 Å². The van der Waals surface area contributed by atoms with Crippen molar-refractivity contribution in [2.24, 2.45) is 5.92 Å². The Labute approximate surface area is 108 Å². The number of aliphatic carboxylic acids is 1. The van der Waals surface area contributed by atoms with Crippen molar-refractivity contribution in [1.82, 2.24) is 5.32 Å². The van der Waals surface area contributed by atoms with Crippen LogP contribution < -0.4 is 5.32 Å². The smallest absolute Gasteiger partial charge is 0.307 e. The molecule has 0 aromatic heterocycles. The molecule has 1 fully saturated rings. The molecule has 0 radical (unpaired) electrons. The third-order valence-corrected chi connectivity index (χ3v) is 3.96. The zero-order valence-corrected chi connectivity index (χ0v) is 10.6. The molecule has 18 heavy (non-hydrogen) atoms. The Balaban J connectivity index is 2.28. The second-order valence-electron chi connectivity index (χ2n) is 4.25. The largest absolute Gasteiger partial charge is 0.507 e. The number of phenols is 1. The van der Waals surface area contributed by atoms with Crippen molar-refractivity contribution in [2.45, 2.75) is 17.4 Å². The normalized spacial score (nSPS) is 23.2. The van der Waals surface area contributed by atoms with Crippen molar-refractivity contribution < 1.29 is 19.4 Å². The molecule has 0 amide bonds. The monoisotopic (exact) mass is 271 g/mol. The van der Waals surface area contributed by atoms with E-state index < -0.39 is 17.7 Å². The fraction of sp³-hybridized carbons (Fsp3) is 0.417. The zero-order chi connectivity index (χ0) is 13.3. The number of benzene rings is 1. The summed E-state index contributed by atoms with van der Waals surface area (Å²) in [5.41, 5.74) is 0.418. The number of aromatic hydroxyl groups is 1. The molecule has 1 saturated heterocycles. The first kappa shape index (κ1) is 13.2. The van der Waals surface area contributed by atoms with Crippen LogP contribution in [-0.2, 0) is 4.79 Å². The Kier molecular flexibility index (Phi) is 3.77. The van der Waals surface area contributed by atoms with Crippen LogP contribution in [0, 0.1) is 11.7 Å². The number of thioether (sulfide) groups is 1. The molecule has 4 nitrogen and oxygen atoms in total. The number of nitrogens with one attached hydrogen (secondary N) is 1. The molecule has 0 bridgehead atoms. The van der Waals surface area contributed by atoms with E-state index in [1.807, 2.05) is 0 Å². The summed E-state index contributed by atoms with van der Waals surface area (Å²) in [7, 11) is 0. The average Bonchev–Trinajstić information content (AvgIpc) is 2.79. The third-order valence-electron chi connectivity index (χ3n) is 3.17. The van der Waals surface area contributed by atoms with Crippen molar-refractivity contribution in [3.8, 4) is 5.75 Å². The predicted octanol–water partition coefficient (Wildman–Crippen LogP) is 1.99. The van der Waals surface area contributed by atoms with E-state index in [0.717, 1.165) is 11.8 Å². The molecule has 0 aliphatic carbocycles. The summed E-state index contributed by atoms with van der Waals surface area (Å²) >= 11 is 1.13. The van der Waals surface area contributed by atoms with Crippen LogP contribution in [0.2, 0.25) is 0 Å². The maximum atomic E-state index is 14.1. The molecule has 98 valence electrons. The molecule has 0 spiro atoms. The van der Waals surface area contributed by atoms with Crippen molar-refractivity contribution >= 4 is 17.7 Å². The van der Waals surface area contributed by atoms with Gasteiger partial charge in [0.05, 0.1) is 10.8 Å². The SMILES string of the molecule is CSc1c(O)ccc(C2CC(C(=O)O)CN2)c1F. The molecule has 6 heteroatoms. The lowest BCUT2D eigenvalue weighted by atomic mass is 9.99. The highest BCUT2D eigenvalue weighted by atomic mass is 32.2. The summed E-state index contributed by atoms with van der Waals surface area (Å²) < 4.78 is 14.1. The summed E-state index contributed by atoms with van der Waals surface area (Å²) in [5, 5.41) is 21.4. The van der Waals surface area contributed by atoms with E-state index >= 15 is 0 Å². The van der Waals surface area contributed by atoms with Gasteiger partial charge in [-0.1, -0.05) is 6.07 Å². The van der Waals surface area contributed by atoms with Gasteiger partial charge in [0.15, 0.2) is 0 Å². The number of carboxylic acid groups (broad SMARTS) is 1. The van der Waals surface area contributed by atoms with Crippen LogP contribution in [0.5, 0.6) is 5.75 Å². The number of halogens is 1. The van der Waals surface area contributed by atoms with E-state index in [4.69, 9.17) is 5.11 Å². The van der Waals surface area contributed by atoms with Crippen LogP contribution in [-0.4, -0.2) is 29.0 Å². The number of rotatable bonds is 3. The van der Waals surface area contributed by atoms with Gasteiger partial charge in [-0.3, -0.25) is 4.79 Å². The summed E-state index contributed by atoms with van der Waals surface area (Å²) in [6.07, 6.45) is 2.05. The quantitative estimate of drug-likeness (QED) is 0.733. The predicted molar refractivity (Wildman–Crippen MR) is 66.3 cm³/mol. The van der Waals surface area contributed by atoms with Crippen LogP contribution in [0.4, 0.5) is 4.39 Å². The highest BCUT2D eigenvalue weighted by Crippen LogP contribution is 2.36. The molecule has 1 aliphatic rings. The van der Waals surface area contributed by atoms with Crippen molar-refractivity contribution in [1.29, 1.82) is 0 Å². The Morgan fingerprint density at radius 2 is 2.28 bits per heavy atom. The van der Waals surface area contributed by atoms with Crippen LogP contribution in [0.3, 0.4) is 0 Å². The van der Waals surface area contributed by atoms with Gasteiger partial charge in [0, 0.05) is 18.2 Å². The highest BCUT2D eigenvalue weighted by molar-refractivity contribution is 7.98. The van der Waals surface area contributed by atoms with Crippen molar-refractivity contribution in [3.05, 3.63) is 23.5 Å². The molecule has 2 rings (SSSR count). The summed E-state index contributed by atoms with van der Waals surface area (Å²) in [6.45, 7) is 0.342. The van der Waals surface area contributed by atoms with E-state index in [9.17, 15) is 14.3 Å². The lowest BCUT2D eigenvalue weighted by Gasteiger charge is -2.14. The number of hydrogen-bond acceptors (Lipinski definition) is 4. The number of hydrogen-bond donors (Lipinski definition) is 3. The minimum Gasteiger partial charge on any atom is -0.507 e. The summed E-state index contributed by atoms with van der Waals surface area (Å²) in [6, 6.07) is 2.64. The molecular formula is C12H14FNO3S. The molecule has 1 aromatic rings. The Bertz CT molecular complexity index is 481. The molecule has 3 N–H and O–H groups in total. The van der Waals surface area contributed by atoms with Crippen LogP contribution in [0.25, 0.3) is 0 Å². The van der Waals surface area contributed by atoms with Gasteiger partial charge in [0.25, 0.3) is 0 Å². The van der Waals surface area contributed by atoms with E-state index in [-0.39, 0.29) is 16.7 Å². The molecule has 0 saturated carbocycles. The van der Waals surface area contributed by atoms with Crippen LogP contribution in [0.15, 0.2) is 17.0 Å². The van der Waals surface area contributed by atoms with Gasteiger partial charge in [-0.05, 0) is 18.7 Å². The number of carbonyl (C=O) groups is 1. The Morgan fingerprint density at radius 3 is 2.83 bits per heavy atom. The molecule has 2 unspecified atom stereocenters. The number of phenolic OH excluding ortho intramolecular Hbond substituents is 1. The zero-order valence-electron chi connectivity index (χ0n) is 9.81.